The summed E-state index contributed by atoms with van der Waals surface area (Å²) >= 11 is 0. The van der Waals surface area contributed by atoms with Gasteiger partial charge in [-0.1, -0.05) is 0 Å². The molecule has 4 fully saturated rings. The molecule has 0 radical (unpaired) electrons. The number of aliphatic hydroxyl groups excluding tert-OH is 12. The van der Waals surface area contributed by atoms with Crippen LogP contribution < -0.4 is 0 Å². The predicted octanol–water partition coefficient (Wildman–Crippen LogP) is -7.69. The lowest BCUT2D eigenvalue weighted by Crippen LogP contribution is -2.68. The summed E-state index contributed by atoms with van der Waals surface area (Å²) in [6, 6.07) is 0. The van der Waals surface area contributed by atoms with Crippen molar-refractivity contribution < 1.29 is 94.4 Å². The Balaban J connectivity index is 1.61. The number of hydrogen-bond acceptors (Lipinski definition) is 19. The van der Waals surface area contributed by atoms with Crippen LogP contribution in [0.1, 0.15) is 13.8 Å². The Labute approximate surface area is 244 Å². The van der Waals surface area contributed by atoms with Crippen LogP contribution >= 0.6 is 0 Å². The van der Waals surface area contributed by atoms with Crippen LogP contribution in [-0.4, -0.2) is 197 Å². The van der Waals surface area contributed by atoms with Crippen molar-refractivity contribution in [1.82, 2.24) is 0 Å². The Morgan fingerprint density at radius 3 is 1.53 bits per heavy atom. The zero-order valence-electron chi connectivity index (χ0n) is 23.2. The van der Waals surface area contributed by atoms with Crippen molar-refractivity contribution in [2.75, 3.05) is 13.2 Å². The van der Waals surface area contributed by atoms with Crippen molar-refractivity contribution in [3.05, 3.63) is 0 Å². The summed E-state index contributed by atoms with van der Waals surface area (Å²) in [5.74, 6) is 0. The normalized spacial score (nSPS) is 54.8. The minimum absolute atomic E-state index is 0.784. The Morgan fingerprint density at radius 1 is 0.419 bits per heavy atom. The van der Waals surface area contributed by atoms with Crippen LogP contribution in [-0.2, 0) is 33.2 Å². The minimum atomic E-state index is -1.93. The van der Waals surface area contributed by atoms with Gasteiger partial charge in [-0.05, 0) is 13.8 Å². The van der Waals surface area contributed by atoms with Crippen molar-refractivity contribution in [2.24, 2.45) is 0 Å². The fourth-order valence-corrected chi connectivity index (χ4v) is 5.44. The van der Waals surface area contributed by atoms with E-state index in [0.29, 0.717) is 0 Å². The molecule has 4 heterocycles. The van der Waals surface area contributed by atoms with Gasteiger partial charge < -0.3 is 94.4 Å². The van der Waals surface area contributed by atoms with Gasteiger partial charge in [0.05, 0.1) is 25.4 Å². The summed E-state index contributed by atoms with van der Waals surface area (Å²) in [6.07, 6.45) is -32.9. The molecule has 0 aliphatic carbocycles. The van der Waals surface area contributed by atoms with Gasteiger partial charge in [0, 0.05) is 0 Å². The molecule has 0 saturated carbocycles. The van der Waals surface area contributed by atoms with Crippen LogP contribution in [0.2, 0.25) is 0 Å². The van der Waals surface area contributed by atoms with E-state index in [2.05, 4.69) is 0 Å². The van der Waals surface area contributed by atoms with E-state index < -0.39 is 136 Å². The number of ether oxygens (including phenoxy) is 7. The van der Waals surface area contributed by atoms with Crippen LogP contribution in [0.4, 0.5) is 0 Å². The van der Waals surface area contributed by atoms with E-state index >= 15 is 0 Å². The lowest BCUT2D eigenvalue weighted by atomic mass is 9.95. The van der Waals surface area contributed by atoms with E-state index in [4.69, 9.17) is 33.2 Å². The number of hydrogen-bond donors (Lipinski definition) is 12. The summed E-state index contributed by atoms with van der Waals surface area (Å²) in [7, 11) is 0. The molecule has 0 aromatic heterocycles. The zero-order valence-corrected chi connectivity index (χ0v) is 23.2. The molecule has 19 heteroatoms. The van der Waals surface area contributed by atoms with E-state index in [1.807, 2.05) is 0 Å². The van der Waals surface area contributed by atoms with E-state index in [0.717, 1.165) is 0 Å². The highest BCUT2D eigenvalue weighted by molar-refractivity contribution is 4.97. The molecule has 0 unspecified atom stereocenters. The largest absolute Gasteiger partial charge is 0.394 e. The Morgan fingerprint density at radius 2 is 0.930 bits per heavy atom. The highest BCUT2D eigenvalue weighted by Crippen LogP contribution is 2.35. The monoisotopic (exact) mass is 634 g/mol. The number of rotatable bonds is 8. The summed E-state index contributed by atoms with van der Waals surface area (Å²) in [6.45, 7) is 1.11. The van der Waals surface area contributed by atoms with Gasteiger partial charge in [0.15, 0.2) is 25.2 Å². The zero-order chi connectivity index (χ0) is 31.9. The van der Waals surface area contributed by atoms with Crippen molar-refractivity contribution in [1.29, 1.82) is 0 Å². The smallest absolute Gasteiger partial charge is 0.187 e. The quantitative estimate of drug-likeness (QED) is 0.118. The molecule has 4 aliphatic heterocycles. The van der Waals surface area contributed by atoms with Crippen LogP contribution in [0.15, 0.2) is 0 Å². The lowest BCUT2D eigenvalue weighted by Gasteiger charge is -2.50. The van der Waals surface area contributed by atoms with E-state index in [-0.39, 0.29) is 0 Å². The van der Waals surface area contributed by atoms with Gasteiger partial charge in [0.2, 0.25) is 0 Å². The van der Waals surface area contributed by atoms with Crippen LogP contribution in [0.25, 0.3) is 0 Å². The molecular formula is C24H42O19. The van der Waals surface area contributed by atoms with Gasteiger partial charge in [-0.25, -0.2) is 0 Å². The Hall–Kier alpha value is -0.760. The fraction of sp³-hybridized carbons (Fsp3) is 1.00. The second-order valence-electron chi connectivity index (χ2n) is 11.1. The van der Waals surface area contributed by atoms with Gasteiger partial charge in [0.25, 0.3) is 0 Å². The van der Waals surface area contributed by atoms with Crippen LogP contribution in [0.3, 0.4) is 0 Å². The van der Waals surface area contributed by atoms with Crippen molar-refractivity contribution in [3.8, 4) is 0 Å². The molecule has 252 valence electrons. The van der Waals surface area contributed by atoms with Crippen molar-refractivity contribution in [2.45, 2.75) is 137 Å². The molecular weight excluding hydrogens is 592 g/mol. The van der Waals surface area contributed by atoms with E-state index in [1.165, 1.54) is 13.8 Å². The maximum absolute atomic E-state index is 11.5. The fourth-order valence-electron chi connectivity index (χ4n) is 5.44. The highest BCUT2D eigenvalue weighted by atomic mass is 16.8. The summed E-state index contributed by atoms with van der Waals surface area (Å²) < 4.78 is 39.0. The molecule has 4 rings (SSSR count). The van der Waals surface area contributed by atoms with Crippen LogP contribution in [0.5, 0.6) is 0 Å². The third kappa shape index (κ3) is 7.00. The maximum atomic E-state index is 11.5. The molecule has 19 nitrogen and oxygen atoms in total. The summed E-state index contributed by atoms with van der Waals surface area (Å²) in [5, 5.41) is 123. The van der Waals surface area contributed by atoms with Crippen molar-refractivity contribution in [3.63, 3.8) is 0 Å². The topological polar surface area (TPSA) is 307 Å². The van der Waals surface area contributed by atoms with Crippen LogP contribution in [0, 0.1) is 0 Å². The first kappa shape index (κ1) is 35.1. The average Bonchev–Trinajstić information content (AvgIpc) is 2.98. The lowest BCUT2D eigenvalue weighted by molar-refractivity contribution is -0.399. The second-order valence-corrected chi connectivity index (χ2v) is 11.1. The first-order chi connectivity index (χ1) is 20.2. The van der Waals surface area contributed by atoms with E-state index in [9.17, 15) is 61.3 Å². The molecule has 0 bridgehead atoms. The average molecular weight is 635 g/mol. The van der Waals surface area contributed by atoms with Crippen molar-refractivity contribution >= 4 is 0 Å². The Kier molecular flexibility index (Phi) is 11.7. The SMILES string of the molecule is C[C@@H]1O[C@@H](O[C@H]2[C@H](O[C@@H]3[C@@H](O)[C@@H](O)[C@@H](O)O[C@H]3C)O[C@H](CO)[C@H](O[C@@H]3O[C@H](CO)[C@@H](O)[C@H](O)[C@H]3O)[C@@H]2O)[C@H](O)[C@H](O)[C@H]1O. The molecule has 0 amide bonds. The molecule has 0 spiro atoms. The van der Waals surface area contributed by atoms with Gasteiger partial charge >= 0.3 is 0 Å². The minimum Gasteiger partial charge on any atom is -0.394 e. The van der Waals surface area contributed by atoms with Gasteiger partial charge in [-0.2, -0.15) is 0 Å². The third-order valence-electron chi connectivity index (χ3n) is 8.12. The predicted molar refractivity (Wildman–Crippen MR) is 131 cm³/mol. The molecule has 0 aromatic rings. The molecule has 4 aliphatic rings. The molecule has 0 aromatic carbocycles. The first-order valence-corrected chi connectivity index (χ1v) is 13.8. The standard InChI is InChI=1S/C24H42O19/c1-5-9(27)11(29)15(33)22(38-5)43-20-17(35)19(42-23-16(34)12(30)10(28)7(3-25)39-23)8(4-26)40-24(20)41-18-6(2)37-21(36)14(32)13(18)31/h5-36H,3-4H2,1-2H3/t5-,6-,7+,8+,9-,10+,11+,12-,13-,14+,15+,16+,17-,18-,19-,20+,21-,22-,23-,24-/m0/s1. The van der Waals surface area contributed by atoms with Gasteiger partial charge in [-0.15, -0.1) is 0 Å². The summed E-state index contributed by atoms with van der Waals surface area (Å²) in [4.78, 5) is 0. The molecule has 43 heavy (non-hydrogen) atoms. The van der Waals surface area contributed by atoms with Gasteiger partial charge in [-0.3, -0.25) is 0 Å². The second kappa shape index (κ2) is 14.3. The Bertz CT molecular complexity index is 884. The molecule has 12 N–H and O–H groups in total. The van der Waals surface area contributed by atoms with Gasteiger partial charge in [0.1, 0.15) is 85.5 Å². The summed E-state index contributed by atoms with van der Waals surface area (Å²) in [5.41, 5.74) is 0. The number of aliphatic hydroxyl groups is 12. The van der Waals surface area contributed by atoms with E-state index in [1.54, 1.807) is 0 Å². The first-order valence-electron chi connectivity index (χ1n) is 13.8. The molecule has 4 saturated heterocycles. The highest BCUT2D eigenvalue weighted by Gasteiger charge is 2.55. The molecule has 20 atom stereocenters. The third-order valence-corrected chi connectivity index (χ3v) is 8.12. The maximum Gasteiger partial charge on any atom is 0.187 e.